The van der Waals surface area contributed by atoms with Gasteiger partial charge in [-0.05, 0) is 51.3 Å². The molecule has 0 fully saturated rings. The molecule has 0 saturated heterocycles. The van der Waals surface area contributed by atoms with Crippen LogP contribution in [0.15, 0.2) is 51.3 Å². The van der Waals surface area contributed by atoms with Gasteiger partial charge in [-0.1, -0.05) is 18.2 Å². The summed E-state index contributed by atoms with van der Waals surface area (Å²) in [6.45, 7) is 0. The largest absolute Gasteiger partial charge is 0.250 e. The molecular weight excluding hydrogens is 329 g/mol. The smallest absolute Gasteiger partial charge is 0.137 e. The molecular formula is C14H13BrFNOS. The van der Waals surface area contributed by atoms with Gasteiger partial charge in [-0.2, -0.15) is 4.36 Å². The van der Waals surface area contributed by atoms with Crippen molar-refractivity contribution in [1.82, 2.24) is 0 Å². The SMILES string of the molecule is CS(C)(=O)=Nc1ccc(-c2ccc(Br)c(F)c2)cc1. The molecule has 0 unspecified atom stereocenters. The normalized spacial score (nSPS) is 11.4. The highest BCUT2D eigenvalue weighted by Crippen LogP contribution is 2.26. The summed E-state index contributed by atoms with van der Waals surface area (Å²) < 4.78 is 29.6. The Morgan fingerprint density at radius 2 is 1.63 bits per heavy atom. The third-order valence-corrected chi connectivity index (χ3v) is 3.74. The third-order valence-electron chi connectivity index (χ3n) is 2.45. The fourth-order valence-corrected chi connectivity index (χ4v) is 2.52. The Labute approximate surface area is 121 Å². The summed E-state index contributed by atoms with van der Waals surface area (Å²) in [5.74, 6) is -0.295. The van der Waals surface area contributed by atoms with Crippen molar-refractivity contribution in [3.8, 4) is 11.1 Å². The van der Waals surface area contributed by atoms with Crippen molar-refractivity contribution in [2.45, 2.75) is 0 Å². The second-order valence-electron chi connectivity index (χ2n) is 4.45. The Morgan fingerprint density at radius 3 is 2.16 bits per heavy atom. The van der Waals surface area contributed by atoms with Crippen LogP contribution in [0.1, 0.15) is 0 Å². The van der Waals surface area contributed by atoms with Gasteiger partial charge in [0.2, 0.25) is 0 Å². The molecule has 2 nitrogen and oxygen atoms in total. The van der Waals surface area contributed by atoms with E-state index in [1.165, 1.54) is 6.07 Å². The molecule has 100 valence electrons. The number of hydrogen-bond donors (Lipinski definition) is 0. The summed E-state index contributed by atoms with van der Waals surface area (Å²) in [6.07, 6.45) is 3.18. The zero-order chi connectivity index (χ0) is 14.0. The Kier molecular flexibility index (Phi) is 4.06. The maximum Gasteiger partial charge on any atom is 0.137 e. The molecule has 5 heteroatoms. The first kappa shape index (κ1) is 14.2. The van der Waals surface area contributed by atoms with Crippen LogP contribution in [0, 0.1) is 5.82 Å². The first-order valence-electron chi connectivity index (χ1n) is 5.58. The minimum absolute atomic E-state index is 0.295. The van der Waals surface area contributed by atoms with Gasteiger partial charge in [0.1, 0.15) is 5.82 Å². The van der Waals surface area contributed by atoms with Gasteiger partial charge in [0.25, 0.3) is 0 Å². The van der Waals surface area contributed by atoms with Crippen LogP contribution < -0.4 is 0 Å². The first-order valence-corrected chi connectivity index (χ1v) is 8.70. The van der Waals surface area contributed by atoms with E-state index >= 15 is 0 Å². The predicted molar refractivity (Wildman–Crippen MR) is 81.6 cm³/mol. The van der Waals surface area contributed by atoms with Crippen molar-refractivity contribution in [2.75, 3.05) is 12.5 Å². The van der Waals surface area contributed by atoms with E-state index in [-0.39, 0.29) is 5.82 Å². The maximum atomic E-state index is 13.5. The first-order chi connectivity index (χ1) is 8.85. The average Bonchev–Trinajstić information content (AvgIpc) is 2.32. The quantitative estimate of drug-likeness (QED) is 0.783. The number of nitrogens with zero attached hydrogens (tertiary/aromatic N) is 1. The number of benzene rings is 2. The maximum absolute atomic E-state index is 13.5. The lowest BCUT2D eigenvalue weighted by Gasteiger charge is -2.04. The molecule has 0 aromatic heterocycles. The number of halogens is 2. The monoisotopic (exact) mass is 341 g/mol. The average molecular weight is 342 g/mol. The molecule has 0 N–H and O–H groups in total. The summed E-state index contributed by atoms with van der Waals surface area (Å²) in [5, 5.41) is 0. The van der Waals surface area contributed by atoms with Crippen LogP contribution in [0.3, 0.4) is 0 Å². The summed E-state index contributed by atoms with van der Waals surface area (Å²) >= 11 is 3.12. The van der Waals surface area contributed by atoms with E-state index < -0.39 is 9.73 Å². The highest BCUT2D eigenvalue weighted by atomic mass is 79.9. The summed E-state index contributed by atoms with van der Waals surface area (Å²) in [6, 6.07) is 12.2. The number of rotatable bonds is 2. The molecule has 0 atom stereocenters. The number of hydrogen-bond acceptors (Lipinski definition) is 2. The van der Waals surface area contributed by atoms with E-state index in [1.807, 2.05) is 18.2 Å². The van der Waals surface area contributed by atoms with E-state index in [2.05, 4.69) is 20.3 Å². The molecule has 2 aromatic carbocycles. The molecule has 0 bridgehead atoms. The fourth-order valence-electron chi connectivity index (χ4n) is 1.64. The molecule has 0 saturated carbocycles. The second-order valence-corrected chi connectivity index (χ2v) is 7.85. The molecule has 2 aromatic rings. The fraction of sp³-hybridized carbons (Fsp3) is 0.143. The van der Waals surface area contributed by atoms with Gasteiger partial charge in [0, 0.05) is 22.2 Å². The molecule has 0 spiro atoms. The van der Waals surface area contributed by atoms with Gasteiger partial charge in [-0.15, -0.1) is 0 Å². The van der Waals surface area contributed by atoms with E-state index in [9.17, 15) is 8.60 Å². The molecule has 2 rings (SSSR count). The van der Waals surface area contributed by atoms with Crippen LogP contribution in [-0.4, -0.2) is 16.7 Å². The van der Waals surface area contributed by atoms with Crippen LogP contribution >= 0.6 is 15.9 Å². The van der Waals surface area contributed by atoms with E-state index in [4.69, 9.17) is 0 Å². The van der Waals surface area contributed by atoms with Gasteiger partial charge < -0.3 is 0 Å². The van der Waals surface area contributed by atoms with E-state index in [0.29, 0.717) is 10.2 Å². The van der Waals surface area contributed by atoms with Crippen LogP contribution in [0.5, 0.6) is 0 Å². The lowest BCUT2D eigenvalue weighted by atomic mass is 10.1. The highest BCUT2D eigenvalue weighted by Gasteiger charge is 2.03. The predicted octanol–water partition coefficient (Wildman–Crippen LogP) is 4.61. The van der Waals surface area contributed by atoms with Gasteiger partial charge >= 0.3 is 0 Å². The van der Waals surface area contributed by atoms with Crippen LogP contribution in [-0.2, 0) is 9.73 Å². The Bertz CT molecular complexity index is 711. The topological polar surface area (TPSA) is 29.4 Å². The van der Waals surface area contributed by atoms with Crippen molar-refractivity contribution in [2.24, 2.45) is 4.36 Å². The van der Waals surface area contributed by atoms with E-state index in [1.54, 1.807) is 30.7 Å². The van der Waals surface area contributed by atoms with Crippen molar-refractivity contribution < 1.29 is 8.60 Å². The molecule has 0 aliphatic rings. The van der Waals surface area contributed by atoms with Crippen LogP contribution in [0.4, 0.5) is 10.1 Å². The van der Waals surface area contributed by atoms with E-state index in [0.717, 1.165) is 11.1 Å². The second kappa shape index (κ2) is 5.43. The van der Waals surface area contributed by atoms with Crippen LogP contribution in [0.2, 0.25) is 0 Å². The zero-order valence-corrected chi connectivity index (χ0v) is 13.0. The minimum atomic E-state index is -2.16. The molecule has 0 amide bonds. The van der Waals surface area contributed by atoms with Gasteiger partial charge in [-0.3, -0.25) is 0 Å². The molecule has 0 heterocycles. The Morgan fingerprint density at radius 1 is 1.05 bits per heavy atom. The highest BCUT2D eigenvalue weighted by molar-refractivity contribution is 9.10. The molecule has 0 aliphatic carbocycles. The molecule has 19 heavy (non-hydrogen) atoms. The minimum Gasteiger partial charge on any atom is -0.250 e. The van der Waals surface area contributed by atoms with Crippen molar-refractivity contribution in [3.05, 3.63) is 52.8 Å². The van der Waals surface area contributed by atoms with Crippen LogP contribution in [0.25, 0.3) is 11.1 Å². The van der Waals surface area contributed by atoms with Crippen molar-refractivity contribution in [1.29, 1.82) is 0 Å². The van der Waals surface area contributed by atoms with Crippen molar-refractivity contribution in [3.63, 3.8) is 0 Å². The molecule has 0 aliphatic heterocycles. The molecule has 0 radical (unpaired) electrons. The Hall–Kier alpha value is -1.20. The van der Waals surface area contributed by atoms with Gasteiger partial charge in [-0.25, -0.2) is 8.60 Å². The standard InChI is InChI=1S/C14H13BrFNOS/c1-19(2,18)17-12-6-3-10(4-7-12)11-5-8-13(15)14(16)9-11/h3-9H,1-2H3. The lowest BCUT2D eigenvalue weighted by molar-refractivity contribution is 0.621. The van der Waals surface area contributed by atoms with Gasteiger partial charge in [0.15, 0.2) is 0 Å². The third kappa shape index (κ3) is 3.88. The summed E-state index contributed by atoms with van der Waals surface area (Å²) in [7, 11) is -2.16. The zero-order valence-electron chi connectivity index (χ0n) is 10.6. The Balaban J connectivity index is 2.38. The summed E-state index contributed by atoms with van der Waals surface area (Å²) in [4.78, 5) is 0. The van der Waals surface area contributed by atoms with Crippen molar-refractivity contribution >= 4 is 31.3 Å². The lowest BCUT2D eigenvalue weighted by Crippen LogP contribution is -1.88. The van der Waals surface area contributed by atoms with Gasteiger partial charge in [0.05, 0.1) is 10.2 Å². The summed E-state index contributed by atoms with van der Waals surface area (Å²) in [5.41, 5.74) is 2.35.